The first-order valence-electron chi connectivity index (χ1n) is 7.06. The number of carbonyl (C=O) groups excluding carboxylic acids is 3. The predicted octanol–water partition coefficient (Wildman–Crippen LogP) is 1.35. The van der Waals surface area contributed by atoms with E-state index in [1.165, 1.54) is 30.7 Å². The molecule has 122 valence electrons. The smallest absolute Gasteiger partial charge is 0.302 e. The van der Waals surface area contributed by atoms with E-state index in [9.17, 15) is 14.4 Å². The molecule has 2 rings (SSSR count). The van der Waals surface area contributed by atoms with Crippen LogP contribution in [0.3, 0.4) is 0 Å². The third kappa shape index (κ3) is 2.92. The lowest BCUT2D eigenvalue weighted by Crippen LogP contribution is -2.66. The Balaban J connectivity index is 2.37. The molecule has 1 amide bonds. The van der Waals surface area contributed by atoms with Gasteiger partial charge in [0.05, 0.1) is 5.70 Å². The molecule has 0 aromatic heterocycles. The van der Waals surface area contributed by atoms with E-state index in [1.54, 1.807) is 20.8 Å². The molecule has 0 unspecified atom stereocenters. The summed E-state index contributed by atoms with van der Waals surface area (Å²) in [4.78, 5) is 37.5. The summed E-state index contributed by atoms with van der Waals surface area (Å²) >= 11 is 1.52. The summed E-state index contributed by atoms with van der Waals surface area (Å²) in [7, 11) is 1.49. The number of amides is 1. The van der Waals surface area contributed by atoms with Crippen molar-refractivity contribution in [1.29, 1.82) is 0 Å². The number of hydrogen-bond acceptors (Lipinski definition) is 6. The van der Waals surface area contributed by atoms with Crippen molar-refractivity contribution in [1.82, 2.24) is 4.90 Å². The molecule has 1 fully saturated rings. The number of rotatable bonds is 4. The zero-order valence-electron chi connectivity index (χ0n) is 13.5. The number of nitrogens with zero attached hydrogens (tertiary/aromatic N) is 1. The summed E-state index contributed by atoms with van der Waals surface area (Å²) in [6.07, 6.45) is -0.511. The van der Waals surface area contributed by atoms with Crippen molar-refractivity contribution in [3.8, 4) is 0 Å². The largest absolute Gasteiger partial charge is 0.461 e. The van der Waals surface area contributed by atoms with Crippen molar-refractivity contribution in [2.75, 3.05) is 19.5 Å². The van der Waals surface area contributed by atoms with Crippen LogP contribution in [0.2, 0.25) is 0 Å². The van der Waals surface area contributed by atoms with Gasteiger partial charge in [0.1, 0.15) is 12.0 Å². The van der Waals surface area contributed by atoms with Crippen LogP contribution in [0.15, 0.2) is 11.3 Å². The molecule has 7 heteroatoms. The number of fused-ring (bicyclic) bond motifs is 1. The Morgan fingerprint density at radius 1 is 1.36 bits per heavy atom. The highest BCUT2D eigenvalue weighted by Gasteiger charge is 2.54. The molecule has 0 aromatic rings. The van der Waals surface area contributed by atoms with Crippen molar-refractivity contribution in [2.24, 2.45) is 5.41 Å². The number of ether oxygens (including phenoxy) is 2. The quantitative estimate of drug-likeness (QED) is 0.573. The van der Waals surface area contributed by atoms with E-state index in [0.717, 1.165) is 0 Å². The van der Waals surface area contributed by atoms with Gasteiger partial charge in [-0.1, -0.05) is 20.8 Å². The van der Waals surface area contributed by atoms with E-state index in [4.69, 9.17) is 9.47 Å². The number of Topliss-reactive ketones (excluding diaryl/α,β-unsaturated/α-hetero) is 1. The van der Waals surface area contributed by atoms with Crippen molar-refractivity contribution < 1.29 is 23.9 Å². The molecule has 0 radical (unpaired) electrons. The molecule has 2 aliphatic rings. The van der Waals surface area contributed by atoms with Gasteiger partial charge in [0.25, 0.3) is 5.91 Å². The zero-order valence-corrected chi connectivity index (χ0v) is 14.3. The third-order valence-electron chi connectivity index (χ3n) is 3.60. The highest BCUT2D eigenvalue weighted by atomic mass is 32.2. The lowest BCUT2D eigenvalue weighted by atomic mass is 9.85. The molecule has 0 N–H and O–H groups in total. The molecule has 6 nitrogen and oxygen atoms in total. The number of thioether (sulfide) groups is 1. The van der Waals surface area contributed by atoms with Crippen LogP contribution in [0, 0.1) is 5.41 Å². The summed E-state index contributed by atoms with van der Waals surface area (Å²) in [6, 6.07) is 0. The van der Waals surface area contributed by atoms with E-state index >= 15 is 0 Å². The molecule has 0 saturated carbocycles. The van der Waals surface area contributed by atoms with Crippen LogP contribution in [0.4, 0.5) is 0 Å². The Hall–Kier alpha value is -1.34. The number of carbonyl (C=O) groups is 3. The molecule has 2 aliphatic heterocycles. The van der Waals surface area contributed by atoms with Gasteiger partial charge in [-0.2, -0.15) is 0 Å². The number of ketones is 1. The van der Waals surface area contributed by atoms with Gasteiger partial charge >= 0.3 is 5.97 Å². The molecule has 2 heterocycles. The lowest BCUT2D eigenvalue weighted by molar-refractivity contribution is -0.160. The Morgan fingerprint density at radius 2 is 2.00 bits per heavy atom. The van der Waals surface area contributed by atoms with Crippen LogP contribution in [0.5, 0.6) is 0 Å². The van der Waals surface area contributed by atoms with E-state index in [2.05, 4.69) is 0 Å². The maximum atomic E-state index is 12.8. The maximum absolute atomic E-state index is 12.8. The number of β-lactam (4-membered cyclic amide) rings is 1. The number of methoxy groups -OCH3 is 1. The molecule has 0 aliphatic carbocycles. The van der Waals surface area contributed by atoms with E-state index < -0.39 is 17.5 Å². The van der Waals surface area contributed by atoms with Gasteiger partial charge in [-0.3, -0.25) is 19.3 Å². The number of allylic oxidation sites excluding steroid dienone is 1. The minimum absolute atomic E-state index is 0.0354. The normalized spacial score (nSPS) is 24.8. The fourth-order valence-electron chi connectivity index (χ4n) is 2.40. The summed E-state index contributed by atoms with van der Waals surface area (Å²) < 4.78 is 10.2. The first kappa shape index (κ1) is 17.0. The fourth-order valence-corrected chi connectivity index (χ4v) is 3.76. The fraction of sp³-hybridized carbons (Fsp3) is 0.667. The van der Waals surface area contributed by atoms with Crippen LogP contribution in [-0.2, 0) is 23.9 Å². The van der Waals surface area contributed by atoms with Crippen molar-refractivity contribution in [3.05, 3.63) is 11.3 Å². The lowest BCUT2D eigenvalue weighted by Gasteiger charge is -2.50. The highest BCUT2D eigenvalue weighted by molar-refractivity contribution is 8.00. The van der Waals surface area contributed by atoms with Crippen LogP contribution in [0.25, 0.3) is 0 Å². The number of hydrogen-bond donors (Lipinski definition) is 0. The van der Waals surface area contributed by atoms with E-state index in [0.29, 0.717) is 17.0 Å². The molecule has 0 bridgehead atoms. The van der Waals surface area contributed by atoms with Gasteiger partial charge in [-0.15, -0.1) is 11.8 Å². The minimum atomic E-state index is -0.623. The van der Waals surface area contributed by atoms with Crippen LogP contribution in [-0.4, -0.2) is 53.5 Å². The minimum Gasteiger partial charge on any atom is -0.461 e. The van der Waals surface area contributed by atoms with Crippen molar-refractivity contribution in [3.63, 3.8) is 0 Å². The monoisotopic (exact) mass is 327 g/mol. The predicted molar refractivity (Wildman–Crippen MR) is 82.0 cm³/mol. The zero-order chi connectivity index (χ0) is 16.7. The molecule has 22 heavy (non-hydrogen) atoms. The van der Waals surface area contributed by atoms with Gasteiger partial charge in [0.2, 0.25) is 0 Å². The first-order valence-corrected chi connectivity index (χ1v) is 8.11. The average molecular weight is 327 g/mol. The summed E-state index contributed by atoms with van der Waals surface area (Å²) in [5, 5.41) is -0.181. The molecule has 0 aromatic carbocycles. The highest BCUT2D eigenvalue weighted by Crippen LogP contribution is 2.43. The molecule has 2 atom stereocenters. The van der Waals surface area contributed by atoms with Gasteiger partial charge in [-0.05, 0) is 0 Å². The molecular formula is C15H21NO5S. The van der Waals surface area contributed by atoms with Gasteiger partial charge < -0.3 is 9.47 Å². The molecule has 1 saturated heterocycles. The summed E-state index contributed by atoms with van der Waals surface area (Å²) in [5.41, 5.74) is 0.428. The molecular weight excluding hydrogens is 306 g/mol. The number of esters is 1. The SMILES string of the molecule is CO[C@H]1C(=O)N2C(C(=O)C(C)(C)C)=C(COC(C)=O)CS[C@@H]12. The summed E-state index contributed by atoms with van der Waals surface area (Å²) in [5.74, 6) is -0.207. The van der Waals surface area contributed by atoms with Crippen LogP contribution < -0.4 is 0 Å². The standard InChI is InChI=1S/C15H21NO5S/c1-8(17)21-6-9-7-22-14-11(20-5)13(19)16(14)10(9)12(18)15(2,3)4/h11,14H,6-7H2,1-5H3/t11-,14-/m0/s1. The average Bonchev–Trinajstić information content (AvgIpc) is 2.42. The second-order valence-electron chi connectivity index (χ2n) is 6.38. The first-order chi connectivity index (χ1) is 10.2. The van der Waals surface area contributed by atoms with E-state index in [-0.39, 0.29) is 23.7 Å². The third-order valence-corrected chi connectivity index (χ3v) is 4.91. The van der Waals surface area contributed by atoms with Crippen molar-refractivity contribution in [2.45, 2.75) is 39.2 Å². The Labute approximate surface area is 134 Å². The Kier molecular flexibility index (Phi) is 4.67. The van der Waals surface area contributed by atoms with Gasteiger partial charge in [0.15, 0.2) is 11.9 Å². The maximum Gasteiger partial charge on any atom is 0.302 e. The van der Waals surface area contributed by atoms with Gasteiger partial charge in [-0.25, -0.2) is 0 Å². The second-order valence-corrected chi connectivity index (χ2v) is 7.48. The van der Waals surface area contributed by atoms with Crippen LogP contribution >= 0.6 is 11.8 Å². The van der Waals surface area contributed by atoms with E-state index in [1.807, 2.05) is 0 Å². The second kappa shape index (κ2) is 6.04. The van der Waals surface area contributed by atoms with Crippen molar-refractivity contribution >= 4 is 29.4 Å². The Bertz CT molecular complexity index is 549. The molecule has 0 spiro atoms. The Morgan fingerprint density at radius 3 is 2.50 bits per heavy atom. The summed E-state index contributed by atoms with van der Waals surface area (Å²) in [6.45, 7) is 6.77. The topological polar surface area (TPSA) is 72.9 Å². The van der Waals surface area contributed by atoms with Crippen LogP contribution in [0.1, 0.15) is 27.7 Å². The van der Waals surface area contributed by atoms with Gasteiger partial charge in [0, 0.05) is 30.8 Å².